The number of nitrogens with zero attached hydrogens (tertiary/aromatic N) is 3. The maximum Gasteiger partial charge on any atom is 0.241 e. The average Bonchev–Trinajstić information content (AvgIpc) is 2.92. The van der Waals surface area contributed by atoms with Gasteiger partial charge in [-0.1, -0.05) is 24.6 Å². The first-order valence-corrected chi connectivity index (χ1v) is 9.43. The lowest BCUT2D eigenvalue weighted by Gasteiger charge is -2.09. The van der Waals surface area contributed by atoms with Crippen LogP contribution in [0.1, 0.15) is 19.2 Å². The van der Waals surface area contributed by atoms with Crippen molar-refractivity contribution in [2.24, 2.45) is 0 Å². The zero-order valence-corrected chi connectivity index (χ0v) is 14.7. The first kappa shape index (κ1) is 16.9. The smallest absolute Gasteiger partial charge is 0.241 e. The molecule has 0 bridgehead atoms. The van der Waals surface area contributed by atoms with Gasteiger partial charge in [-0.25, -0.2) is 23.1 Å². The molecule has 0 fully saturated rings. The number of rotatable bonds is 6. The van der Waals surface area contributed by atoms with Crippen LogP contribution in [0.4, 0.5) is 0 Å². The molecule has 1 N–H and O–H groups in total. The first-order chi connectivity index (χ1) is 11.5. The Labute approximate surface area is 145 Å². The Morgan fingerprint density at radius 3 is 2.83 bits per heavy atom. The van der Waals surface area contributed by atoms with Crippen molar-refractivity contribution in [3.63, 3.8) is 0 Å². The van der Waals surface area contributed by atoms with Gasteiger partial charge < -0.3 is 4.57 Å². The monoisotopic (exact) mass is 364 g/mol. The van der Waals surface area contributed by atoms with Gasteiger partial charge in [0, 0.05) is 17.8 Å². The quantitative estimate of drug-likeness (QED) is 0.729. The molecule has 3 rings (SSSR count). The summed E-state index contributed by atoms with van der Waals surface area (Å²) in [6.45, 7) is 2.86. The van der Waals surface area contributed by atoms with Crippen LogP contribution in [0.3, 0.4) is 0 Å². The molecule has 0 amide bonds. The van der Waals surface area contributed by atoms with Gasteiger partial charge in [0.1, 0.15) is 11.3 Å². The largest absolute Gasteiger partial charge is 0.312 e. The summed E-state index contributed by atoms with van der Waals surface area (Å²) in [5, 5.41) is 0.375. The van der Waals surface area contributed by atoms with Crippen molar-refractivity contribution in [3.8, 4) is 0 Å². The molecule has 0 aliphatic carbocycles. The fourth-order valence-electron chi connectivity index (χ4n) is 2.48. The predicted octanol–water partition coefficient (Wildman–Crippen LogP) is 2.97. The van der Waals surface area contributed by atoms with Crippen molar-refractivity contribution < 1.29 is 8.42 Å². The molecule has 1 aromatic carbocycles. The summed E-state index contributed by atoms with van der Waals surface area (Å²) in [6, 6.07) is 9.83. The fraction of sp³-hybridized carbons (Fsp3) is 0.250. The van der Waals surface area contributed by atoms with E-state index in [4.69, 9.17) is 11.6 Å². The third-order valence-electron chi connectivity index (χ3n) is 3.56. The van der Waals surface area contributed by atoms with Crippen molar-refractivity contribution in [2.45, 2.75) is 31.3 Å². The number of sulfonamides is 1. The number of nitrogens with one attached hydrogen (secondary N) is 1. The van der Waals surface area contributed by atoms with E-state index < -0.39 is 10.0 Å². The van der Waals surface area contributed by atoms with Crippen LogP contribution >= 0.6 is 11.6 Å². The second-order valence-electron chi connectivity index (χ2n) is 5.31. The minimum atomic E-state index is -3.66. The van der Waals surface area contributed by atoms with Gasteiger partial charge >= 0.3 is 0 Å². The first-order valence-electron chi connectivity index (χ1n) is 7.56. The van der Waals surface area contributed by atoms with E-state index >= 15 is 0 Å². The number of imidazole rings is 1. The van der Waals surface area contributed by atoms with E-state index in [0.29, 0.717) is 10.8 Å². The SMILES string of the molecule is CCCn1c(CNS(=O)(=O)c2cccc(Cl)c2)nc2cccnc21. The van der Waals surface area contributed by atoms with E-state index in [1.807, 2.05) is 16.7 Å². The number of aromatic nitrogens is 3. The van der Waals surface area contributed by atoms with Crippen molar-refractivity contribution in [1.82, 2.24) is 19.3 Å². The van der Waals surface area contributed by atoms with E-state index in [1.54, 1.807) is 18.3 Å². The highest BCUT2D eigenvalue weighted by atomic mass is 35.5. The Morgan fingerprint density at radius 1 is 1.25 bits per heavy atom. The van der Waals surface area contributed by atoms with Gasteiger partial charge in [-0.2, -0.15) is 0 Å². The predicted molar refractivity (Wildman–Crippen MR) is 93.3 cm³/mol. The lowest BCUT2D eigenvalue weighted by atomic mass is 10.4. The van der Waals surface area contributed by atoms with Crippen molar-refractivity contribution >= 4 is 32.8 Å². The highest BCUT2D eigenvalue weighted by molar-refractivity contribution is 7.89. The molecule has 0 saturated carbocycles. The van der Waals surface area contributed by atoms with Crippen LogP contribution in [-0.2, 0) is 23.1 Å². The molecule has 6 nitrogen and oxygen atoms in total. The normalized spacial score (nSPS) is 11.9. The van der Waals surface area contributed by atoms with Crippen LogP contribution in [0.25, 0.3) is 11.2 Å². The Bertz CT molecular complexity index is 969. The molecule has 0 saturated heterocycles. The zero-order chi connectivity index (χ0) is 17.2. The molecule has 0 aliphatic heterocycles. The summed E-state index contributed by atoms with van der Waals surface area (Å²) in [5.41, 5.74) is 1.51. The Morgan fingerprint density at radius 2 is 2.08 bits per heavy atom. The molecule has 126 valence electrons. The van der Waals surface area contributed by atoms with Gasteiger partial charge in [-0.15, -0.1) is 0 Å². The van der Waals surface area contributed by atoms with Crippen LogP contribution in [-0.4, -0.2) is 23.0 Å². The molecule has 0 unspecified atom stereocenters. The molecule has 0 radical (unpaired) electrons. The summed E-state index contributed by atoms with van der Waals surface area (Å²) >= 11 is 5.87. The second-order valence-corrected chi connectivity index (χ2v) is 7.51. The number of hydrogen-bond donors (Lipinski definition) is 1. The number of pyridine rings is 1. The highest BCUT2D eigenvalue weighted by Crippen LogP contribution is 2.17. The number of halogens is 1. The molecule has 0 spiro atoms. The molecule has 0 aliphatic rings. The van der Waals surface area contributed by atoms with Crippen molar-refractivity contribution in [3.05, 3.63) is 53.4 Å². The molecule has 24 heavy (non-hydrogen) atoms. The minimum absolute atomic E-state index is 0.0885. The molecule has 0 atom stereocenters. The standard InChI is InChI=1S/C16H17ClN4O2S/c1-2-9-21-15(20-14-7-4-8-18-16(14)21)11-19-24(22,23)13-6-3-5-12(17)10-13/h3-8,10,19H,2,9,11H2,1H3. The topological polar surface area (TPSA) is 76.9 Å². The number of hydrogen-bond acceptors (Lipinski definition) is 4. The van der Waals surface area contributed by atoms with Crippen LogP contribution in [0.5, 0.6) is 0 Å². The fourth-order valence-corrected chi connectivity index (χ4v) is 3.76. The highest BCUT2D eigenvalue weighted by Gasteiger charge is 2.17. The van der Waals surface area contributed by atoms with E-state index in [2.05, 4.69) is 21.6 Å². The van der Waals surface area contributed by atoms with Crippen LogP contribution < -0.4 is 4.72 Å². The van der Waals surface area contributed by atoms with E-state index in [-0.39, 0.29) is 11.4 Å². The van der Waals surface area contributed by atoms with Gasteiger partial charge in [0.05, 0.1) is 11.4 Å². The molecule has 3 aromatic rings. The van der Waals surface area contributed by atoms with Crippen molar-refractivity contribution in [2.75, 3.05) is 0 Å². The summed E-state index contributed by atoms with van der Waals surface area (Å²) in [6.07, 6.45) is 2.60. The Balaban J connectivity index is 1.89. The maximum absolute atomic E-state index is 12.4. The maximum atomic E-state index is 12.4. The van der Waals surface area contributed by atoms with Gasteiger partial charge in [0.15, 0.2) is 5.65 Å². The van der Waals surface area contributed by atoms with E-state index in [1.165, 1.54) is 12.1 Å². The molecular formula is C16H17ClN4O2S. The van der Waals surface area contributed by atoms with Crippen LogP contribution in [0, 0.1) is 0 Å². The Kier molecular flexibility index (Phi) is 4.84. The van der Waals surface area contributed by atoms with E-state index in [9.17, 15) is 8.42 Å². The zero-order valence-electron chi connectivity index (χ0n) is 13.1. The third-order valence-corrected chi connectivity index (χ3v) is 5.19. The van der Waals surface area contributed by atoms with Gasteiger partial charge in [0.25, 0.3) is 0 Å². The average molecular weight is 365 g/mol. The lowest BCUT2D eigenvalue weighted by molar-refractivity contribution is 0.573. The summed E-state index contributed by atoms with van der Waals surface area (Å²) in [7, 11) is -3.66. The molecule has 2 heterocycles. The van der Waals surface area contributed by atoms with Crippen LogP contribution in [0.2, 0.25) is 5.02 Å². The Hall–Kier alpha value is -1.96. The molecule has 2 aromatic heterocycles. The summed E-state index contributed by atoms with van der Waals surface area (Å²) in [4.78, 5) is 8.96. The van der Waals surface area contributed by atoms with Gasteiger partial charge in [-0.05, 0) is 36.8 Å². The van der Waals surface area contributed by atoms with E-state index in [0.717, 1.165) is 24.1 Å². The van der Waals surface area contributed by atoms with Gasteiger partial charge in [0.2, 0.25) is 10.0 Å². The third kappa shape index (κ3) is 3.43. The van der Waals surface area contributed by atoms with Crippen molar-refractivity contribution in [1.29, 1.82) is 0 Å². The minimum Gasteiger partial charge on any atom is -0.312 e. The molecule has 8 heteroatoms. The lowest BCUT2D eigenvalue weighted by Crippen LogP contribution is -2.25. The number of benzene rings is 1. The number of aryl methyl sites for hydroxylation is 1. The number of fused-ring (bicyclic) bond motifs is 1. The molecular weight excluding hydrogens is 348 g/mol. The van der Waals surface area contributed by atoms with Crippen LogP contribution in [0.15, 0.2) is 47.5 Å². The second kappa shape index (κ2) is 6.88. The summed E-state index contributed by atoms with van der Waals surface area (Å²) in [5.74, 6) is 0.635. The van der Waals surface area contributed by atoms with Gasteiger partial charge in [-0.3, -0.25) is 0 Å². The summed E-state index contributed by atoms with van der Waals surface area (Å²) < 4.78 is 29.4.